The molecule has 0 spiro atoms. The van der Waals surface area contributed by atoms with E-state index in [0.717, 1.165) is 23.1 Å². The lowest BCUT2D eigenvalue weighted by Gasteiger charge is -2.17. The first kappa shape index (κ1) is 20.2. The Morgan fingerprint density at radius 3 is 2.52 bits per heavy atom. The average molecular weight is 364 g/mol. The number of nitrogens with zero attached hydrogens (tertiary/aromatic N) is 2. The van der Waals surface area contributed by atoms with Crippen molar-refractivity contribution >= 4 is 17.6 Å². The third-order valence-electron chi connectivity index (χ3n) is 3.03. The SMILES string of the molecule is CN(CCCC(=O)O)C(=O)c1cc(OCC(F)(F)F)ccc1[N+](=O)[O-]. The average Bonchev–Trinajstić information content (AvgIpc) is 2.50. The maximum atomic E-state index is 12.3. The summed E-state index contributed by atoms with van der Waals surface area (Å²) in [5.41, 5.74) is -1.03. The van der Waals surface area contributed by atoms with Gasteiger partial charge in [0, 0.05) is 26.1 Å². The molecule has 0 atom stereocenters. The van der Waals surface area contributed by atoms with Crippen molar-refractivity contribution in [1.29, 1.82) is 0 Å². The Labute approximate surface area is 139 Å². The molecule has 0 aliphatic carbocycles. The van der Waals surface area contributed by atoms with Crippen LogP contribution in [0, 0.1) is 10.1 Å². The van der Waals surface area contributed by atoms with E-state index in [1.54, 1.807) is 0 Å². The maximum absolute atomic E-state index is 12.3. The minimum absolute atomic E-state index is 0.00984. The number of hydrogen-bond acceptors (Lipinski definition) is 5. The van der Waals surface area contributed by atoms with Crippen LogP contribution in [0.15, 0.2) is 18.2 Å². The Kier molecular flexibility index (Phi) is 6.71. The van der Waals surface area contributed by atoms with E-state index < -0.39 is 40.8 Å². The Morgan fingerprint density at radius 1 is 1.36 bits per heavy atom. The fraction of sp³-hybridized carbons (Fsp3) is 0.429. The molecule has 0 fully saturated rings. The molecule has 0 saturated heterocycles. The molecule has 0 saturated carbocycles. The smallest absolute Gasteiger partial charge is 0.422 e. The number of nitro groups is 1. The highest BCUT2D eigenvalue weighted by atomic mass is 19.4. The van der Waals surface area contributed by atoms with Gasteiger partial charge < -0.3 is 14.7 Å². The van der Waals surface area contributed by atoms with E-state index in [1.165, 1.54) is 7.05 Å². The Hall–Kier alpha value is -2.85. The molecule has 0 aliphatic rings. The quantitative estimate of drug-likeness (QED) is 0.560. The molecule has 1 N–H and O–H groups in total. The van der Waals surface area contributed by atoms with Crippen molar-refractivity contribution in [3.63, 3.8) is 0 Å². The van der Waals surface area contributed by atoms with E-state index >= 15 is 0 Å². The van der Waals surface area contributed by atoms with Gasteiger partial charge in [-0.25, -0.2) is 0 Å². The molecular weight excluding hydrogens is 349 g/mol. The molecule has 1 aromatic rings. The van der Waals surface area contributed by atoms with Crippen LogP contribution in [-0.2, 0) is 4.79 Å². The first-order valence-corrected chi connectivity index (χ1v) is 6.96. The van der Waals surface area contributed by atoms with Crippen molar-refractivity contribution in [2.45, 2.75) is 19.0 Å². The van der Waals surface area contributed by atoms with E-state index in [2.05, 4.69) is 4.74 Å². The van der Waals surface area contributed by atoms with Crippen molar-refractivity contribution in [1.82, 2.24) is 4.90 Å². The lowest BCUT2D eigenvalue weighted by atomic mass is 10.1. The van der Waals surface area contributed by atoms with Crippen molar-refractivity contribution in [3.8, 4) is 5.75 Å². The van der Waals surface area contributed by atoms with E-state index in [9.17, 15) is 32.9 Å². The number of amides is 1. The number of ether oxygens (including phenoxy) is 1. The first-order valence-electron chi connectivity index (χ1n) is 6.96. The number of aliphatic carboxylic acids is 1. The molecule has 1 aromatic carbocycles. The van der Waals surface area contributed by atoms with Crippen LogP contribution in [0.2, 0.25) is 0 Å². The number of hydrogen-bond donors (Lipinski definition) is 1. The van der Waals surface area contributed by atoms with E-state index in [0.29, 0.717) is 0 Å². The first-order chi connectivity index (χ1) is 11.5. The molecule has 8 nitrogen and oxygen atoms in total. The molecule has 0 aromatic heterocycles. The summed E-state index contributed by atoms with van der Waals surface area (Å²) >= 11 is 0. The third kappa shape index (κ3) is 6.65. The molecule has 138 valence electrons. The second-order valence-corrected chi connectivity index (χ2v) is 5.06. The molecular formula is C14H15F3N2O6. The summed E-state index contributed by atoms with van der Waals surface area (Å²) in [4.78, 5) is 34.0. The third-order valence-corrected chi connectivity index (χ3v) is 3.03. The van der Waals surface area contributed by atoms with Crippen LogP contribution in [0.5, 0.6) is 5.75 Å². The van der Waals surface area contributed by atoms with Crippen molar-refractivity contribution in [3.05, 3.63) is 33.9 Å². The number of benzene rings is 1. The summed E-state index contributed by atoms with van der Waals surface area (Å²) < 4.78 is 41.0. The summed E-state index contributed by atoms with van der Waals surface area (Å²) in [5.74, 6) is -2.23. The largest absolute Gasteiger partial charge is 0.484 e. The number of rotatable bonds is 8. The van der Waals surface area contributed by atoms with Gasteiger partial charge in [-0.2, -0.15) is 13.2 Å². The maximum Gasteiger partial charge on any atom is 0.422 e. The van der Waals surface area contributed by atoms with Crippen LogP contribution < -0.4 is 4.74 Å². The van der Waals surface area contributed by atoms with Gasteiger partial charge in [0.15, 0.2) is 6.61 Å². The molecule has 0 aliphatic heterocycles. The number of carbonyl (C=O) groups is 2. The summed E-state index contributed by atoms with van der Waals surface area (Å²) in [6.07, 6.45) is -4.68. The highest BCUT2D eigenvalue weighted by molar-refractivity contribution is 5.98. The lowest BCUT2D eigenvalue weighted by Crippen LogP contribution is -2.28. The van der Waals surface area contributed by atoms with Gasteiger partial charge in [-0.15, -0.1) is 0 Å². The fourth-order valence-corrected chi connectivity index (χ4v) is 1.88. The van der Waals surface area contributed by atoms with E-state index in [1.807, 2.05) is 0 Å². The Balaban J connectivity index is 2.98. The minimum atomic E-state index is -4.60. The summed E-state index contributed by atoms with van der Waals surface area (Å²) in [7, 11) is 1.30. The predicted octanol–water partition coefficient (Wildman–Crippen LogP) is 2.47. The van der Waals surface area contributed by atoms with Gasteiger partial charge in [0.1, 0.15) is 11.3 Å². The van der Waals surface area contributed by atoms with Gasteiger partial charge in [-0.1, -0.05) is 0 Å². The lowest BCUT2D eigenvalue weighted by molar-refractivity contribution is -0.385. The topological polar surface area (TPSA) is 110 Å². The van der Waals surface area contributed by atoms with Crippen LogP contribution in [0.4, 0.5) is 18.9 Å². The molecule has 0 bridgehead atoms. The van der Waals surface area contributed by atoms with Gasteiger partial charge in [0.25, 0.3) is 11.6 Å². The molecule has 11 heteroatoms. The zero-order chi connectivity index (χ0) is 19.2. The van der Waals surface area contributed by atoms with Crippen LogP contribution in [0.1, 0.15) is 23.2 Å². The number of carboxylic acids is 1. The molecule has 1 rings (SSSR count). The highest BCUT2D eigenvalue weighted by Crippen LogP contribution is 2.26. The van der Waals surface area contributed by atoms with Crippen LogP contribution >= 0.6 is 0 Å². The van der Waals surface area contributed by atoms with Gasteiger partial charge in [-0.3, -0.25) is 19.7 Å². The highest BCUT2D eigenvalue weighted by Gasteiger charge is 2.29. The number of halogens is 3. The molecule has 0 radical (unpaired) electrons. The summed E-state index contributed by atoms with van der Waals surface area (Å²) in [5, 5.41) is 19.6. The summed E-state index contributed by atoms with van der Waals surface area (Å²) in [6.45, 7) is -1.59. The van der Waals surface area contributed by atoms with Gasteiger partial charge in [0.2, 0.25) is 0 Å². The minimum Gasteiger partial charge on any atom is -0.484 e. The van der Waals surface area contributed by atoms with E-state index in [-0.39, 0.29) is 25.1 Å². The van der Waals surface area contributed by atoms with Crippen molar-refractivity contribution in [2.24, 2.45) is 0 Å². The standard InChI is InChI=1S/C14H15F3N2O6/c1-18(6-2-3-12(20)21)13(22)10-7-9(25-8-14(15,16)17)4-5-11(10)19(23)24/h4-5,7H,2-3,6,8H2,1H3,(H,20,21). The van der Waals surface area contributed by atoms with E-state index in [4.69, 9.17) is 5.11 Å². The van der Waals surface area contributed by atoms with Crippen LogP contribution in [0.25, 0.3) is 0 Å². The second-order valence-electron chi connectivity index (χ2n) is 5.06. The van der Waals surface area contributed by atoms with Crippen LogP contribution in [-0.4, -0.2) is 53.2 Å². The zero-order valence-corrected chi connectivity index (χ0v) is 13.1. The number of nitro benzene ring substituents is 1. The normalized spacial score (nSPS) is 11.0. The van der Waals surface area contributed by atoms with Gasteiger partial charge in [0.05, 0.1) is 4.92 Å². The van der Waals surface area contributed by atoms with Crippen LogP contribution in [0.3, 0.4) is 0 Å². The monoisotopic (exact) mass is 364 g/mol. The van der Waals surface area contributed by atoms with Gasteiger partial charge in [-0.05, 0) is 18.6 Å². The van der Waals surface area contributed by atoms with Gasteiger partial charge >= 0.3 is 12.1 Å². The molecule has 25 heavy (non-hydrogen) atoms. The Morgan fingerprint density at radius 2 is 2.00 bits per heavy atom. The molecule has 1 amide bonds. The number of carboxylic acid groups (broad SMARTS) is 1. The van der Waals surface area contributed by atoms with Crippen molar-refractivity contribution < 1.29 is 37.5 Å². The molecule has 0 heterocycles. The predicted molar refractivity (Wildman–Crippen MR) is 78.5 cm³/mol. The van der Waals surface area contributed by atoms with Crippen molar-refractivity contribution in [2.75, 3.05) is 20.2 Å². The zero-order valence-electron chi connectivity index (χ0n) is 13.1. The fourth-order valence-electron chi connectivity index (χ4n) is 1.88. The molecule has 0 unspecified atom stereocenters. The number of carbonyl (C=O) groups excluding carboxylic acids is 1. The second kappa shape index (κ2) is 8.31. The number of alkyl halides is 3. The summed E-state index contributed by atoms with van der Waals surface area (Å²) in [6, 6.07) is 2.70. The Bertz CT molecular complexity index is 662.